The lowest BCUT2D eigenvalue weighted by Crippen LogP contribution is -2.01. The number of hydrogen-bond donors (Lipinski definition) is 0. The Morgan fingerprint density at radius 2 is 1.84 bits per heavy atom. The first-order valence-electron chi connectivity index (χ1n) is 6.30. The minimum absolute atomic E-state index is 0.466. The van der Waals surface area contributed by atoms with E-state index >= 15 is 0 Å². The van der Waals surface area contributed by atoms with E-state index in [1.54, 1.807) is 0 Å². The zero-order chi connectivity index (χ0) is 13.5. The zero-order valence-corrected chi connectivity index (χ0v) is 13.0. The minimum Gasteiger partial charge on any atom is -0.493 e. The van der Waals surface area contributed by atoms with E-state index in [2.05, 4.69) is 40.2 Å². The predicted octanol–water partition coefficient (Wildman–Crippen LogP) is 5.20. The van der Waals surface area contributed by atoms with E-state index in [-0.39, 0.29) is 0 Å². The van der Waals surface area contributed by atoms with Gasteiger partial charge >= 0.3 is 0 Å². The van der Waals surface area contributed by atoms with E-state index in [0.29, 0.717) is 12.5 Å². The summed E-state index contributed by atoms with van der Waals surface area (Å²) in [7, 11) is 0. The van der Waals surface area contributed by atoms with Crippen molar-refractivity contribution >= 4 is 27.5 Å². The molecule has 0 saturated carbocycles. The fourth-order valence-corrected chi connectivity index (χ4v) is 2.51. The van der Waals surface area contributed by atoms with Crippen LogP contribution in [0, 0.1) is 0 Å². The molecule has 0 amide bonds. The van der Waals surface area contributed by atoms with Crippen molar-refractivity contribution in [2.75, 3.05) is 6.61 Å². The van der Waals surface area contributed by atoms with E-state index < -0.39 is 0 Å². The Balaban J connectivity index is 1.83. The molecule has 0 aliphatic rings. The third-order valence-corrected chi connectivity index (χ3v) is 3.66. The highest BCUT2D eigenvalue weighted by atomic mass is 79.9. The zero-order valence-electron chi connectivity index (χ0n) is 10.6. The van der Waals surface area contributed by atoms with E-state index in [0.717, 1.165) is 28.6 Å². The normalized spacial score (nSPS) is 10.4. The van der Waals surface area contributed by atoms with Gasteiger partial charge in [0.1, 0.15) is 5.75 Å². The summed E-state index contributed by atoms with van der Waals surface area (Å²) >= 11 is 9.35. The maximum absolute atomic E-state index is 5.91. The first-order chi connectivity index (χ1) is 9.29. The Hall–Kier alpha value is -0.990. The van der Waals surface area contributed by atoms with Crippen LogP contribution >= 0.6 is 27.5 Å². The third-order valence-electron chi connectivity index (χ3n) is 2.88. The summed E-state index contributed by atoms with van der Waals surface area (Å²) in [5.74, 6) is 1.35. The molecule has 0 atom stereocenters. The number of rotatable bonds is 6. The fraction of sp³-hybridized carbons (Fsp3) is 0.250. The SMILES string of the molecule is ClCc1cc(Br)ccc1OCCCc1ccccc1. The molecule has 0 radical (unpaired) electrons. The topological polar surface area (TPSA) is 9.23 Å². The Bertz CT molecular complexity index is 513. The van der Waals surface area contributed by atoms with Gasteiger partial charge in [-0.05, 0) is 36.6 Å². The van der Waals surface area contributed by atoms with Crippen molar-refractivity contribution in [2.24, 2.45) is 0 Å². The number of halogens is 2. The summed E-state index contributed by atoms with van der Waals surface area (Å²) in [5, 5.41) is 0. The van der Waals surface area contributed by atoms with Gasteiger partial charge in [-0.2, -0.15) is 0 Å². The summed E-state index contributed by atoms with van der Waals surface area (Å²) in [6.07, 6.45) is 2.04. The Morgan fingerprint density at radius 3 is 2.58 bits per heavy atom. The Morgan fingerprint density at radius 1 is 1.05 bits per heavy atom. The van der Waals surface area contributed by atoms with Gasteiger partial charge in [-0.3, -0.25) is 0 Å². The van der Waals surface area contributed by atoms with Gasteiger partial charge < -0.3 is 4.74 Å². The first kappa shape index (κ1) is 14.4. The van der Waals surface area contributed by atoms with Gasteiger partial charge in [0, 0.05) is 10.0 Å². The highest BCUT2D eigenvalue weighted by Crippen LogP contribution is 2.24. The van der Waals surface area contributed by atoms with Gasteiger partial charge in [-0.1, -0.05) is 46.3 Å². The average molecular weight is 340 g/mol. The smallest absolute Gasteiger partial charge is 0.123 e. The lowest BCUT2D eigenvalue weighted by molar-refractivity contribution is 0.308. The Kier molecular flexibility index (Phi) is 5.74. The molecule has 3 heteroatoms. The number of alkyl halides is 1. The molecule has 0 aromatic heterocycles. The van der Waals surface area contributed by atoms with Crippen LogP contribution in [0.4, 0.5) is 0 Å². The monoisotopic (exact) mass is 338 g/mol. The van der Waals surface area contributed by atoms with Crippen molar-refractivity contribution < 1.29 is 4.74 Å². The van der Waals surface area contributed by atoms with E-state index in [1.165, 1.54) is 5.56 Å². The highest BCUT2D eigenvalue weighted by molar-refractivity contribution is 9.10. The molecule has 0 spiro atoms. The summed E-state index contributed by atoms with van der Waals surface area (Å²) in [5.41, 5.74) is 2.37. The molecule has 2 rings (SSSR count). The molecule has 0 saturated heterocycles. The molecule has 0 heterocycles. The van der Waals surface area contributed by atoms with Crippen LogP contribution in [0.2, 0.25) is 0 Å². The molecule has 0 bridgehead atoms. The van der Waals surface area contributed by atoms with Crippen molar-refractivity contribution in [3.8, 4) is 5.75 Å². The first-order valence-corrected chi connectivity index (χ1v) is 7.63. The summed E-state index contributed by atoms with van der Waals surface area (Å²) < 4.78 is 6.83. The van der Waals surface area contributed by atoms with E-state index in [4.69, 9.17) is 16.3 Å². The van der Waals surface area contributed by atoms with Crippen LogP contribution in [-0.4, -0.2) is 6.61 Å². The lowest BCUT2D eigenvalue weighted by atomic mass is 10.1. The molecule has 2 aromatic carbocycles. The molecule has 0 unspecified atom stereocenters. The van der Waals surface area contributed by atoms with Crippen molar-refractivity contribution in [1.29, 1.82) is 0 Å². The van der Waals surface area contributed by atoms with Crippen molar-refractivity contribution in [3.05, 3.63) is 64.1 Å². The van der Waals surface area contributed by atoms with E-state index in [1.807, 2.05) is 24.3 Å². The quantitative estimate of drug-likeness (QED) is 0.519. The summed E-state index contributed by atoms with van der Waals surface area (Å²) in [6, 6.07) is 16.4. The standard InChI is InChI=1S/C16H16BrClO/c17-15-8-9-16(14(11-15)12-18)19-10-4-7-13-5-2-1-3-6-13/h1-3,5-6,8-9,11H,4,7,10,12H2. The molecule has 100 valence electrons. The van der Waals surface area contributed by atoms with E-state index in [9.17, 15) is 0 Å². The van der Waals surface area contributed by atoms with Gasteiger partial charge in [0.25, 0.3) is 0 Å². The van der Waals surface area contributed by atoms with Crippen LogP contribution in [-0.2, 0) is 12.3 Å². The second-order valence-corrected chi connectivity index (χ2v) is 5.51. The van der Waals surface area contributed by atoms with Gasteiger partial charge in [0.15, 0.2) is 0 Å². The third kappa shape index (κ3) is 4.55. The molecule has 2 aromatic rings. The number of benzene rings is 2. The van der Waals surface area contributed by atoms with Crippen LogP contribution in [0.15, 0.2) is 53.0 Å². The molecule has 0 N–H and O–H groups in total. The Labute approximate surface area is 127 Å². The second-order valence-electron chi connectivity index (χ2n) is 4.32. The van der Waals surface area contributed by atoms with Gasteiger partial charge in [-0.15, -0.1) is 11.6 Å². The van der Waals surface area contributed by atoms with Crippen LogP contribution < -0.4 is 4.74 Å². The highest BCUT2D eigenvalue weighted by Gasteiger charge is 2.03. The fourth-order valence-electron chi connectivity index (χ4n) is 1.90. The van der Waals surface area contributed by atoms with Crippen LogP contribution in [0.25, 0.3) is 0 Å². The molecule has 0 aliphatic heterocycles. The maximum atomic E-state index is 5.91. The average Bonchev–Trinajstić information content (AvgIpc) is 2.46. The van der Waals surface area contributed by atoms with Crippen LogP contribution in [0.1, 0.15) is 17.5 Å². The summed E-state index contributed by atoms with van der Waals surface area (Å²) in [6.45, 7) is 0.709. The maximum Gasteiger partial charge on any atom is 0.123 e. The van der Waals surface area contributed by atoms with Gasteiger partial charge in [-0.25, -0.2) is 0 Å². The van der Waals surface area contributed by atoms with Crippen LogP contribution in [0.3, 0.4) is 0 Å². The predicted molar refractivity (Wildman–Crippen MR) is 84.0 cm³/mol. The molecular weight excluding hydrogens is 324 g/mol. The largest absolute Gasteiger partial charge is 0.493 e. The van der Waals surface area contributed by atoms with Crippen LogP contribution in [0.5, 0.6) is 5.75 Å². The molecule has 0 fully saturated rings. The van der Waals surface area contributed by atoms with Crippen molar-refractivity contribution in [3.63, 3.8) is 0 Å². The second kappa shape index (κ2) is 7.56. The molecule has 0 aliphatic carbocycles. The summed E-state index contributed by atoms with van der Waals surface area (Å²) in [4.78, 5) is 0. The van der Waals surface area contributed by atoms with Crippen molar-refractivity contribution in [2.45, 2.75) is 18.7 Å². The molecular formula is C16H16BrClO. The number of ether oxygens (including phenoxy) is 1. The lowest BCUT2D eigenvalue weighted by Gasteiger charge is -2.10. The minimum atomic E-state index is 0.466. The molecule has 19 heavy (non-hydrogen) atoms. The number of hydrogen-bond acceptors (Lipinski definition) is 1. The van der Waals surface area contributed by atoms with Gasteiger partial charge in [0.05, 0.1) is 12.5 Å². The molecule has 1 nitrogen and oxygen atoms in total. The number of aryl methyl sites for hydroxylation is 1. The van der Waals surface area contributed by atoms with Gasteiger partial charge in [0.2, 0.25) is 0 Å². The van der Waals surface area contributed by atoms with Crippen molar-refractivity contribution in [1.82, 2.24) is 0 Å².